The van der Waals surface area contributed by atoms with Crippen molar-refractivity contribution in [1.29, 1.82) is 0 Å². The molecule has 1 aliphatic heterocycles. The Kier molecular flexibility index (Phi) is 7.01. The summed E-state index contributed by atoms with van der Waals surface area (Å²) in [5, 5.41) is 3.61. The van der Waals surface area contributed by atoms with Crippen molar-refractivity contribution in [2.45, 2.75) is 39.7 Å². The summed E-state index contributed by atoms with van der Waals surface area (Å²) in [4.78, 5) is 2.55. The molecule has 0 spiro atoms. The molecule has 3 nitrogen and oxygen atoms in total. The molecule has 3 heteroatoms. The molecule has 1 fully saturated rings. The Morgan fingerprint density at radius 3 is 2.50 bits per heavy atom. The number of ether oxygens (including phenoxy) is 1. The summed E-state index contributed by atoms with van der Waals surface area (Å²) in [6, 6.07) is 0.502. The summed E-state index contributed by atoms with van der Waals surface area (Å²) in [6.07, 6.45) is 2.76. The molecular weight excluding hydrogens is 200 g/mol. The third kappa shape index (κ3) is 5.28. The maximum atomic E-state index is 5.50. The van der Waals surface area contributed by atoms with Crippen LogP contribution in [0.3, 0.4) is 0 Å². The van der Waals surface area contributed by atoms with Crippen molar-refractivity contribution < 1.29 is 4.74 Å². The lowest BCUT2D eigenvalue weighted by molar-refractivity contribution is 0.107. The summed E-state index contributed by atoms with van der Waals surface area (Å²) < 4.78 is 5.50. The zero-order valence-electron chi connectivity index (χ0n) is 11.2. The van der Waals surface area contributed by atoms with Crippen molar-refractivity contribution in [2.24, 2.45) is 5.92 Å². The van der Waals surface area contributed by atoms with Crippen molar-refractivity contribution in [2.75, 3.05) is 39.4 Å². The fourth-order valence-corrected chi connectivity index (χ4v) is 2.15. The van der Waals surface area contributed by atoms with Crippen LogP contribution in [0.1, 0.15) is 33.6 Å². The highest BCUT2D eigenvalue weighted by Gasteiger charge is 2.14. The SMILES string of the molecule is CCOCC(NCCN1CCCC1)C(C)C. The number of hydrogen-bond acceptors (Lipinski definition) is 3. The molecule has 0 radical (unpaired) electrons. The molecule has 1 unspecified atom stereocenters. The normalized spacial score (nSPS) is 19.5. The van der Waals surface area contributed by atoms with E-state index < -0.39 is 0 Å². The van der Waals surface area contributed by atoms with Gasteiger partial charge in [-0.05, 0) is 38.8 Å². The van der Waals surface area contributed by atoms with Crippen LogP contribution in [0.5, 0.6) is 0 Å². The summed E-state index contributed by atoms with van der Waals surface area (Å²) in [6.45, 7) is 13.1. The fraction of sp³-hybridized carbons (Fsp3) is 1.00. The molecule has 0 amide bonds. The van der Waals surface area contributed by atoms with E-state index in [4.69, 9.17) is 4.74 Å². The molecule has 0 aromatic carbocycles. The molecule has 0 saturated carbocycles. The highest BCUT2D eigenvalue weighted by Crippen LogP contribution is 2.06. The molecule has 1 heterocycles. The standard InChI is InChI=1S/C13H28N2O/c1-4-16-11-13(12(2)3)14-7-10-15-8-5-6-9-15/h12-14H,4-11H2,1-3H3. The Morgan fingerprint density at radius 1 is 1.25 bits per heavy atom. The van der Waals surface area contributed by atoms with Crippen LogP contribution in [0, 0.1) is 5.92 Å². The van der Waals surface area contributed by atoms with E-state index in [0.29, 0.717) is 12.0 Å². The first-order valence-electron chi connectivity index (χ1n) is 6.77. The van der Waals surface area contributed by atoms with E-state index >= 15 is 0 Å². The van der Waals surface area contributed by atoms with Gasteiger partial charge in [-0.2, -0.15) is 0 Å². The predicted molar refractivity (Wildman–Crippen MR) is 68.8 cm³/mol. The number of likely N-dealkylation sites (tertiary alicyclic amines) is 1. The van der Waals surface area contributed by atoms with E-state index in [1.54, 1.807) is 0 Å². The van der Waals surface area contributed by atoms with Gasteiger partial charge < -0.3 is 15.0 Å². The monoisotopic (exact) mass is 228 g/mol. The lowest BCUT2D eigenvalue weighted by atomic mass is 10.1. The predicted octanol–water partition coefficient (Wildman–Crippen LogP) is 1.73. The topological polar surface area (TPSA) is 24.5 Å². The van der Waals surface area contributed by atoms with E-state index in [0.717, 1.165) is 19.8 Å². The fourth-order valence-electron chi connectivity index (χ4n) is 2.15. The molecule has 1 N–H and O–H groups in total. The van der Waals surface area contributed by atoms with Crippen molar-refractivity contribution >= 4 is 0 Å². The molecule has 1 atom stereocenters. The Bertz CT molecular complexity index is 167. The second-order valence-corrected chi connectivity index (χ2v) is 5.01. The second-order valence-electron chi connectivity index (χ2n) is 5.01. The van der Waals surface area contributed by atoms with Crippen LogP contribution in [0.25, 0.3) is 0 Å². The van der Waals surface area contributed by atoms with Gasteiger partial charge in [-0.3, -0.25) is 0 Å². The van der Waals surface area contributed by atoms with Gasteiger partial charge in [-0.1, -0.05) is 13.8 Å². The molecule has 0 aromatic heterocycles. The number of nitrogens with zero attached hydrogens (tertiary/aromatic N) is 1. The van der Waals surface area contributed by atoms with Crippen LogP contribution < -0.4 is 5.32 Å². The minimum atomic E-state index is 0.502. The minimum Gasteiger partial charge on any atom is -0.380 e. The van der Waals surface area contributed by atoms with Crippen LogP contribution in [0.2, 0.25) is 0 Å². The molecular formula is C13H28N2O. The molecule has 0 aromatic rings. The quantitative estimate of drug-likeness (QED) is 0.685. The van der Waals surface area contributed by atoms with Crippen LogP contribution in [0.4, 0.5) is 0 Å². The summed E-state index contributed by atoms with van der Waals surface area (Å²) in [7, 11) is 0. The summed E-state index contributed by atoms with van der Waals surface area (Å²) in [5.41, 5.74) is 0. The number of hydrogen-bond donors (Lipinski definition) is 1. The molecule has 16 heavy (non-hydrogen) atoms. The Labute approximate surface area is 101 Å². The van der Waals surface area contributed by atoms with Gasteiger partial charge in [0.15, 0.2) is 0 Å². The van der Waals surface area contributed by atoms with Gasteiger partial charge in [0.25, 0.3) is 0 Å². The van der Waals surface area contributed by atoms with Gasteiger partial charge in [-0.15, -0.1) is 0 Å². The van der Waals surface area contributed by atoms with E-state index in [1.807, 2.05) is 0 Å². The average molecular weight is 228 g/mol. The molecule has 1 rings (SSSR count). The lowest BCUT2D eigenvalue weighted by Crippen LogP contribution is -2.41. The Morgan fingerprint density at radius 2 is 1.94 bits per heavy atom. The second kappa shape index (κ2) is 8.04. The molecule has 0 aliphatic carbocycles. The zero-order valence-corrected chi connectivity index (χ0v) is 11.2. The maximum Gasteiger partial charge on any atom is 0.0621 e. The molecule has 96 valence electrons. The van der Waals surface area contributed by atoms with Gasteiger partial charge in [-0.25, -0.2) is 0 Å². The van der Waals surface area contributed by atoms with Crippen molar-refractivity contribution in [1.82, 2.24) is 10.2 Å². The molecule has 0 bridgehead atoms. The van der Waals surface area contributed by atoms with E-state index in [2.05, 4.69) is 31.0 Å². The first-order chi connectivity index (χ1) is 7.74. The van der Waals surface area contributed by atoms with Gasteiger partial charge in [0, 0.05) is 25.7 Å². The van der Waals surface area contributed by atoms with Gasteiger partial charge >= 0.3 is 0 Å². The zero-order chi connectivity index (χ0) is 11.8. The average Bonchev–Trinajstić information content (AvgIpc) is 2.75. The smallest absolute Gasteiger partial charge is 0.0621 e. The van der Waals surface area contributed by atoms with E-state index in [9.17, 15) is 0 Å². The van der Waals surface area contributed by atoms with Gasteiger partial charge in [0.2, 0.25) is 0 Å². The molecule has 1 saturated heterocycles. The Balaban J connectivity index is 2.10. The Hall–Kier alpha value is -0.120. The lowest BCUT2D eigenvalue weighted by Gasteiger charge is -2.24. The van der Waals surface area contributed by atoms with Crippen molar-refractivity contribution in [3.05, 3.63) is 0 Å². The first kappa shape index (κ1) is 13.9. The van der Waals surface area contributed by atoms with Crippen molar-refractivity contribution in [3.63, 3.8) is 0 Å². The van der Waals surface area contributed by atoms with Gasteiger partial charge in [0.05, 0.1) is 6.61 Å². The number of rotatable bonds is 8. The van der Waals surface area contributed by atoms with Crippen LogP contribution in [0.15, 0.2) is 0 Å². The van der Waals surface area contributed by atoms with E-state index in [1.165, 1.54) is 32.5 Å². The maximum absolute atomic E-state index is 5.50. The third-order valence-electron chi connectivity index (χ3n) is 3.34. The van der Waals surface area contributed by atoms with Crippen molar-refractivity contribution in [3.8, 4) is 0 Å². The van der Waals surface area contributed by atoms with Crippen LogP contribution in [-0.4, -0.2) is 50.3 Å². The third-order valence-corrected chi connectivity index (χ3v) is 3.34. The summed E-state index contributed by atoms with van der Waals surface area (Å²) in [5.74, 6) is 0.644. The highest BCUT2D eigenvalue weighted by atomic mass is 16.5. The minimum absolute atomic E-state index is 0.502. The van der Waals surface area contributed by atoms with Gasteiger partial charge in [0.1, 0.15) is 0 Å². The van der Waals surface area contributed by atoms with Crippen LogP contribution in [-0.2, 0) is 4.74 Å². The summed E-state index contributed by atoms with van der Waals surface area (Å²) >= 11 is 0. The number of nitrogens with one attached hydrogen (secondary N) is 1. The first-order valence-corrected chi connectivity index (χ1v) is 6.77. The highest BCUT2D eigenvalue weighted by molar-refractivity contribution is 4.72. The van der Waals surface area contributed by atoms with E-state index in [-0.39, 0.29) is 0 Å². The molecule has 1 aliphatic rings. The van der Waals surface area contributed by atoms with Crippen LogP contribution >= 0.6 is 0 Å². The largest absolute Gasteiger partial charge is 0.380 e.